The molecule has 1 rings (SSSR count). The van der Waals surface area contributed by atoms with Crippen molar-refractivity contribution in [3.05, 3.63) is 41.5 Å². The Kier molecular flexibility index (Phi) is 5.79. The second-order valence-corrected chi connectivity index (χ2v) is 4.50. The Balaban J connectivity index is 2.44. The molecular formula is C15H19NO3. The molecule has 4 heteroatoms. The minimum Gasteiger partial charge on any atom is -0.481 e. The molecule has 102 valence electrons. The molecule has 0 spiro atoms. The van der Waals surface area contributed by atoms with Crippen molar-refractivity contribution in [3.63, 3.8) is 0 Å². The van der Waals surface area contributed by atoms with E-state index in [0.717, 1.165) is 5.56 Å². The van der Waals surface area contributed by atoms with Gasteiger partial charge in [0.2, 0.25) is 5.91 Å². The van der Waals surface area contributed by atoms with Gasteiger partial charge in [-0.3, -0.25) is 9.59 Å². The summed E-state index contributed by atoms with van der Waals surface area (Å²) >= 11 is 0. The molecule has 0 aromatic heterocycles. The fraction of sp³-hybridized carbons (Fsp3) is 0.333. The van der Waals surface area contributed by atoms with Crippen LogP contribution in [0.2, 0.25) is 0 Å². The van der Waals surface area contributed by atoms with Gasteiger partial charge < -0.3 is 10.0 Å². The normalized spacial score (nSPS) is 10.6. The van der Waals surface area contributed by atoms with Crippen molar-refractivity contribution >= 4 is 18.0 Å². The molecule has 19 heavy (non-hydrogen) atoms. The monoisotopic (exact) mass is 261 g/mol. The SMILES string of the molecule is Cc1ccc(/C=C/C(=O)N(C)CCCC(=O)O)cc1. The first-order chi connectivity index (χ1) is 8.99. The Labute approximate surface area is 113 Å². The van der Waals surface area contributed by atoms with E-state index in [1.807, 2.05) is 31.2 Å². The van der Waals surface area contributed by atoms with Gasteiger partial charge in [-0.15, -0.1) is 0 Å². The zero-order chi connectivity index (χ0) is 14.3. The van der Waals surface area contributed by atoms with Crippen molar-refractivity contribution in [2.24, 2.45) is 0 Å². The third-order valence-corrected chi connectivity index (χ3v) is 2.76. The number of likely N-dealkylation sites (N-methyl/N-ethyl adjacent to an activating group) is 1. The van der Waals surface area contributed by atoms with Gasteiger partial charge in [0.15, 0.2) is 0 Å². The maximum Gasteiger partial charge on any atom is 0.303 e. The number of rotatable bonds is 6. The van der Waals surface area contributed by atoms with Crippen LogP contribution in [0, 0.1) is 6.92 Å². The van der Waals surface area contributed by atoms with E-state index in [2.05, 4.69) is 0 Å². The first kappa shape index (κ1) is 15.0. The van der Waals surface area contributed by atoms with Crippen LogP contribution < -0.4 is 0 Å². The van der Waals surface area contributed by atoms with Crippen molar-refractivity contribution in [2.75, 3.05) is 13.6 Å². The average Bonchev–Trinajstić information content (AvgIpc) is 2.37. The smallest absolute Gasteiger partial charge is 0.303 e. The molecule has 0 saturated heterocycles. The zero-order valence-corrected chi connectivity index (χ0v) is 11.3. The van der Waals surface area contributed by atoms with Crippen LogP contribution >= 0.6 is 0 Å². The van der Waals surface area contributed by atoms with Gasteiger partial charge in [0, 0.05) is 26.1 Å². The van der Waals surface area contributed by atoms with Crippen LogP contribution in [-0.2, 0) is 9.59 Å². The van der Waals surface area contributed by atoms with Crippen LogP contribution in [0.4, 0.5) is 0 Å². The lowest BCUT2D eigenvalue weighted by molar-refractivity contribution is -0.137. The molecule has 1 N–H and O–H groups in total. The number of carbonyl (C=O) groups is 2. The summed E-state index contributed by atoms with van der Waals surface area (Å²) in [6.45, 7) is 2.46. The Hall–Kier alpha value is -2.10. The van der Waals surface area contributed by atoms with Crippen molar-refractivity contribution in [3.8, 4) is 0 Å². The van der Waals surface area contributed by atoms with Gasteiger partial charge in [0.25, 0.3) is 0 Å². The summed E-state index contributed by atoms with van der Waals surface area (Å²) in [4.78, 5) is 23.6. The summed E-state index contributed by atoms with van der Waals surface area (Å²) < 4.78 is 0. The number of carboxylic acids is 1. The van der Waals surface area contributed by atoms with Crippen molar-refractivity contribution in [2.45, 2.75) is 19.8 Å². The highest BCUT2D eigenvalue weighted by Gasteiger charge is 2.05. The molecule has 0 aliphatic heterocycles. The van der Waals surface area contributed by atoms with Gasteiger partial charge in [-0.05, 0) is 25.0 Å². The van der Waals surface area contributed by atoms with Gasteiger partial charge in [0.1, 0.15) is 0 Å². The lowest BCUT2D eigenvalue weighted by Gasteiger charge is -2.13. The highest BCUT2D eigenvalue weighted by Crippen LogP contribution is 2.05. The van der Waals surface area contributed by atoms with Gasteiger partial charge in [0.05, 0.1) is 0 Å². The van der Waals surface area contributed by atoms with Crippen LogP contribution in [0.5, 0.6) is 0 Å². The van der Waals surface area contributed by atoms with E-state index in [1.54, 1.807) is 13.1 Å². The maximum absolute atomic E-state index is 11.8. The number of nitrogens with zero attached hydrogens (tertiary/aromatic N) is 1. The van der Waals surface area contributed by atoms with E-state index in [-0.39, 0.29) is 12.3 Å². The summed E-state index contributed by atoms with van der Waals surface area (Å²) in [5, 5.41) is 8.52. The number of carbonyl (C=O) groups excluding carboxylic acids is 1. The second kappa shape index (κ2) is 7.36. The molecule has 0 fully saturated rings. The minimum atomic E-state index is -0.837. The number of benzene rings is 1. The van der Waals surface area contributed by atoms with E-state index in [1.165, 1.54) is 16.5 Å². The Morgan fingerprint density at radius 2 is 1.89 bits per heavy atom. The van der Waals surface area contributed by atoms with E-state index >= 15 is 0 Å². The fourth-order valence-electron chi connectivity index (χ4n) is 1.55. The highest BCUT2D eigenvalue weighted by atomic mass is 16.4. The van der Waals surface area contributed by atoms with Crippen LogP contribution in [0.15, 0.2) is 30.3 Å². The predicted octanol–water partition coefficient (Wildman–Crippen LogP) is 2.33. The lowest BCUT2D eigenvalue weighted by atomic mass is 10.1. The summed E-state index contributed by atoms with van der Waals surface area (Å²) in [6.07, 6.45) is 3.82. The number of amides is 1. The molecule has 0 unspecified atom stereocenters. The van der Waals surface area contributed by atoms with E-state index in [0.29, 0.717) is 13.0 Å². The molecule has 4 nitrogen and oxygen atoms in total. The van der Waals surface area contributed by atoms with E-state index < -0.39 is 5.97 Å². The Morgan fingerprint density at radius 3 is 2.47 bits per heavy atom. The van der Waals surface area contributed by atoms with Gasteiger partial charge in [-0.25, -0.2) is 0 Å². The van der Waals surface area contributed by atoms with Crippen molar-refractivity contribution in [1.82, 2.24) is 4.90 Å². The molecular weight excluding hydrogens is 242 g/mol. The number of aryl methyl sites for hydroxylation is 1. The van der Waals surface area contributed by atoms with Crippen molar-refractivity contribution < 1.29 is 14.7 Å². The Bertz CT molecular complexity index is 463. The number of carboxylic acid groups (broad SMARTS) is 1. The predicted molar refractivity (Wildman–Crippen MR) is 74.7 cm³/mol. The fourth-order valence-corrected chi connectivity index (χ4v) is 1.55. The van der Waals surface area contributed by atoms with Crippen LogP contribution in [0.3, 0.4) is 0 Å². The molecule has 0 radical (unpaired) electrons. The Morgan fingerprint density at radius 1 is 1.26 bits per heavy atom. The standard InChI is InChI=1S/C15H19NO3/c1-12-5-7-13(8-6-12)9-10-14(17)16(2)11-3-4-15(18)19/h5-10H,3-4,11H2,1-2H3,(H,18,19)/b10-9+. The molecule has 0 bridgehead atoms. The second-order valence-electron chi connectivity index (χ2n) is 4.50. The molecule has 0 atom stereocenters. The number of aliphatic carboxylic acids is 1. The minimum absolute atomic E-state index is 0.0826. The molecule has 0 aliphatic carbocycles. The van der Waals surface area contributed by atoms with Crippen LogP contribution in [0.1, 0.15) is 24.0 Å². The van der Waals surface area contributed by atoms with Crippen LogP contribution in [-0.4, -0.2) is 35.5 Å². The van der Waals surface area contributed by atoms with Crippen molar-refractivity contribution in [1.29, 1.82) is 0 Å². The molecule has 0 saturated carbocycles. The van der Waals surface area contributed by atoms with Gasteiger partial charge >= 0.3 is 5.97 Å². The summed E-state index contributed by atoms with van der Waals surface area (Å²) in [6, 6.07) is 7.87. The number of hydrogen-bond acceptors (Lipinski definition) is 2. The molecule has 0 aliphatic rings. The number of hydrogen-bond donors (Lipinski definition) is 1. The first-order valence-electron chi connectivity index (χ1n) is 6.20. The third-order valence-electron chi connectivity index (χ3n) is 2.76. The third kappa shape index (κ3) is 5.86. The average molecular weight is 261 g/mol. The summed E-state index contributed by atoms with van der Waals surface area (Å²) in [5.74, 6) is -0.956. The summed E-state index contributed by atoms with van der Waals surface area (Å²) in [5.41, 5.74) is 2.15. The van der Waals surface area contributed by atoms with Gasteiger partial charge in [-0.2, -0.15) is 0 Å². The quantitative estimate of drug-likeness (QED) is 0.800. The lowest BCUT2D eigenvalue weighted by Crippen LogP contribution is -2.26. The molecule has 1 aromatic rings. The largest absolute Gasteiger partial charge is 0.481 e. The first-order valence-corrected chi connectivity index (χ1v) is 6.20. The molecule has 0 heterocycles. The highest BCUT2D eigenvalue weighted by molar-refractivity contribution is 5.91. The summed E-state index contributed by atoms with van der Waals surface area (Å²) in [7, 11) is 1.67. The molecule has 1 aromatic carbocycles. The van der Waals surface area contributed by atoms with E-state index in [4.69, 9.17) is 5.11 Å². The van der Waals surface area contributed by atoms with E-state index in [9.17, 15) is 9.59 Å². The topological polar surface area (TPSA) is 57.6 Å². The van der Waals surface area contributed by atoms with Crippen LogP contribution in [0.25, 0.3) is 6.08 Å². The zero-order valence-electron chi connectivity index (χ0n) is 11.3. The maximum atomic E-state index is 11.8. The van der Waals surface area contributed by atoms with Gasteiger partial charge in [-0.1, -0.05) is 29.8 Å². The molecule has 1 amide bonds.